The van der Waals surface area contributed by atoms with Crippen LogP contribution in [0, 0.1) is 5.92 Å². The molecule has 1 unspecified atom stereocenters. The van der Waals surface area contributed by atoms with Crippen LogP contribution in [0.25, 0.3) is 0 Å². The summed E-state index contributed by atoms with van der Waals surface area (Å²) >= 11 is 0. The smallest absolute Gasteiger partial charge is 0.120 e. The van der Waals surface area contributed by atoms with Gasteiger partial charge in [-0.1, -0.05) is 45.1 Å². The van der Waals surface area contributed by atoms with Gasteiger partial charge in [0.1, 0.15) is 12.4 Å². The Bertz CT molecular complexity index is 304. The Labute approximate surface area is 92.8 Å². The first kappa shape index (κ1) is 11.8. The van der Waals surface area contributed by atoms with E-state index in [4.69, 9.17) is 4.74 Å². The Morgan fingerprint density at radius 1 is 1.47 bits per heavy atom. The number of hydrogen-bond acceptors (Lipinski definition) is 1. The average Bonchev–Trinajstić information content (AvgIpc) is 2.26. The van der Waals surface area contributed by atoms with Crippen LogP contribution in [0.1, 0.15) is 25.8 Å². The Hall–Kier alpha value is -1.24. The van der Waals surface area contributed by atoms with E-state index in [1.807, 2.05) is 6.07 Å². The third kappa shape index (κ3) is 4.20. The zero-order valence-electron chi connectivity index (χ0n) is 9.70. The van der Waals surface area contributed by atoms with E-state index >= 15 is 0 Å². The molecule has 0 radical (unpaired) electrons. The van der Waals surface area contributed by atoms with Gasteiger partial charge in [-0.05, 0) is 30.0 Å². The standard InChI is InChI=1S/C14H20O/c1-4-9-15-14-8-6-7-13(11-14)10-12(3)5-2/h4,6-8,11-12H,1,5,9-10H2,2-3H3. The van der Waals surface area contributed by atoms with E-state index in [1.54, 1.807) is 6.08 Å². The van der Waals surface area contributed by atoms with Crippen molar-refractivity contribution in [3.05, 3.63) is 42.5 Å². The molecule has 0 aliphatic carbocycles. The molecule has 1 rings (SSSR count). The minimum absolute atomic E-state index is 0.576. The first-order valence-corrected chi connectivity index (χ1v) is 5.59. The molecule has 1 heteroatoms. The first-order valence-electron chi connectivity index (χ1n) is 5.59. The van der Waals surface area contributed by atoms with Crippen molar-refractivity contribution < 1.29 is 4.74 Å². The van der Waals surface area contributed by atoms with Crippen LogP contribution >= 0.6 is 0 Å². The monoisotopic (exact) mass is 204 g/mol. The maximum atomic E-state index is 5.49. The molecule has 1 aromatic carbocycles. The van der Waals surface area contributed by atoms with E-state index in [2.05, 4.69) is 38.6 Å². The van der Waals surface area contributed by atoms with Crippen molar-refractivity contribution in [2.24, 2.45) is 5.92 Å². The van der Waals surface area contributed by atoms with Crippen molar-refractivity contribution >= 4 is 0 Å². The minimum Gasteiger partial charge on any atom is -0.490 e. The highest BCUT2D eigenvalue weighted by atomic mass is 16.5. The molecular weight excluding hydrogens is 184 g/mol. The molecule has 0 heterocycles. The third-order valence-electron chi connectivity index (χ3n) is 2.55. The summed E-state index contributed by atoms with van der Waals surface area (Å²) in [6, 6.07) is 8.32. The van der Waals surface area contributed by atoms with Gasteiger partial charge in [-0.25, -0.2) is 0 Å². The third-order valence-corrected chi connectivity index (χ3v) is 2.55. The maximum absolute atomic E-state index is 5.49. The van der Waals surface area contributed by atoms with Crippen molar-refractivity contribution in [2.45, 2.75) is 26.7 Å². The summed E-state index contributed by atoms with van der Waals surface area (Å²) in [4.78, 5) is 0. The lowest BCUT2D eigenvalue weighted by Gasteiger charge is -2.10. The molecule has 15 heavy (non-hydrogen) atoms. The Morgan fingerprint density at radius 2 is 2.27 bits per heavy atom. The normalized spacial score (nSPS) is 12.1. The molecular formula is C14H20O. The van der Waals surface area contributed by atoms with Gasteiger partial charge in [0.05, 0.1) is 0 Å². The predicted octanol–water partition coefficient (Wildman–Crippen LogP) is 3.84. The molecule has 0 spiro atoms. The highest BCUT2D eigenvalue weighted by molar-refractivity contribution is 5.28. The van der Waals surface area contributed by atoms with Gasteiger partial charge in [0, 0.05) is 0 Å². The van der Waals surface area contributed by atoms with Gasteiger partial charge in [0.15, 0.2) is 0 Å². The summed E-state index contributed by atoms with van der Waals surface area (Å²) in [7, 11) is 0. The molecule has 0 bridgehead atoms. The first-order chi connectivity index (χ1) is 7.26. The number of rotatable bonds is 6. The molecule has 0 aromatic heterocycles. The Morgan fingerprint density at radius 3 is 2.93 bits per heavy atom. The predicted molar refractivity (Wildman–Crippen MR) is 65.3 cm³/mol. The topological polar surface area (TPSA) is 9.23 Å². The van der Waals surface area contributed by atoms with Gasteiger partial charge in [0.25, 0.3) is 0 Å². The van der Waals surface area contributed by atoms with Crippen LogP contribution in [0.5, 0.6) is 5.75 Å². The van der Waals surface area contributed by atoms with Gasteiger partial charge in [-0.15, -0.1) is 0 Å². The van der Waals surface area contributed by atoms with Crippen molar-refractivity contribution in [3.8, 4) is 5.75 Å². The van der Waals surface area contributed by atoms with Crippen LogP contribution in [0.15, 0.2) is 36.9 Å². The van der Waals surface area contributed by atoms with E-state index < -0.39 is 0 Å². The molecule has 0 saturated heterocycles. The summed E-state index contributed by atoms with van der Waals surface area (Å²) in [5, 5.41) is 0. The second-order valence-electron chi connectivity index (χ2n) is 3.96. The summed E-state index contributed by atoms with van der Waals surface area (Å²) in [6.07, 6.45) is 4.11. The van der Waals surface area contributed by atoms with Crippen molar-refractivity contribution in [3.63, 3.8) is 0 Å². The Balaban J connectivity index is 2.61. The number of ether oxygens (including phenoxy) is 1. The molecule has 0 aliphatic heterocycles. The summed E-state index contributed by atoms with van der Waals surface area (Å²) in [6.45, 7) is 8.71. The summed E-state index contributed by atoms with van der Waals surface area (Å²) in [5.74, 6) is 1.68. The van der Waals surface area contributed by atoms with Crippen molar-refractivity contribution in [2.75, 3.05) is 6.61 Å². The highest BCUT2D eigenvalue weighted by Crippen LogP contribution is 2.17. The molecule has 1 atom stereocenters. The van der Waals surface area contributed by atoms with Crippen molar-refractivity contribution in [1.29, 1.82) is 0 Å². The molecule has 82 valence electrons. The molecule has 0 saturated carbocycles. The van der Waals surface area contributed by atoms with Crippen LogP contribution in [0.3, 0.4) is 0 Å². The lowest BCUT2D eigenvalue weighted by atomic mass is 9.99. The fraction of sp³-hybridized carbons (Fsp3) is 0.429. The zero-order chi connectivity index (χ0) is 11.1. The van der Waals surface area contributed by atoms with Gasteiger partial charge in [-0.2, -0.15) is 0 Å². The molecule has 1 aromatic rings. The average molecular weight is 204 g/mol. The van der Waals surface area contributed by atoms with E-state index in [1.165, 1.54) is 12.0 Å². The van der Waals surface area contributed by atoms with Crippen LogP contribution < -0.4 is 4.74 Å². The van der Waals surface area contributed by atoms with Crippen molar-refractivity contribution in [1.82, 2.24) is 0 Å². The zero-order valence-corrected chi connectivity index (χ0v) is 9.70. The number of benzene rings is 1. The second-order valence-corrected chi connectivity index (χ2v) is 3.96. The lowest BCUT2D eigenvalue weighted by Crippen LogP contribution is -1.99. The molecule has 0 amide bonds. The van der Waals surface area contributed by atoms with Gasteiger partial charge in [-0.3, -0.25) is 0 Å². The fourth-order valence-corrected chi connectivity index (χ4v) is 1.46. The maximum Gasteiger partial charge on any atom is 0.120 e. The molecule has 0 N–H and O–H groups in total. The highest BCUT2D eigenvalue weighted by Gasteiger charge is 2.02. The fourth-order valence-electron chi connectivity index (χ4n) is 1.46. The molecule has 0 aliphatic rings. The van der Waals surface area contributed by atoms with Gasteiger partial charge in [0.2, 0.25) is 0 Å². The quantitative estimate of drug-likeness (QED) is 0.640. The lowest BCUT2D eigenvalue weighted by molar-refractivity contribution is 0.362. The summed E-state index contributed by atoms with van der Waals surface area (Å²) < 4.78 is 5.49. The Kier molecular flexibility index (Phi) is 4.96. The molecule has 1 nitrogen and oxygen atoms in total. The van der Waals surface area contributed by atoms with E-state index in [0.717, 1.165) is 18.1 Å². The molecule has 0 fully saturated rings. The van der Waals surface area contributed by atoms with Crippen LogP contribution in [-0.2, 0) is 6.42 Å². The minimum atomic E-state index is 0.576. The number of hydrogen-bond donors (Lipinski definition) is 0. The SMILES string of the molecule is C=CCOc1cccc(CC(C)CC)c1. The van der Waals surface area contributed by atoms with Gasteiger partial charge < -0.3 is 4.74 Å². The summed E-state index contributed by atoms with van der Waals surface area (Å²) in [5.41, 5.74) is 1.35. The van der Waals surface area contributed by atoms with Crippen LogP contribution in [0.4, 0.5) is 0 Å². The van der Waals surface area contributed by atoms with Crippen LogP contribution in [-0.4, -0.2) is 6.61 Å². The van der Waals surface area contributed by atoms with Gasteiger partial charge >= 0.3 is 0 Å². The van der Waals surface area contributed by atoms with E-state index in [9.17, 15) is 0 Å². The van der Waals surface area contributed by atoms with E-state index in [0.29, 0.717) is 6.61 Å². The van der Waals surface area contributed by atoms with E-state index in [-0.39, 0.29) is 0 Å². The van der Waals surface area contributed by atoms with Crippen LogP contribution in [0.2, 0.25) is 0 Å². The second kappa shape index (κ2) is 6.28. The largest absolute Gasteiger partial charge is 0.490 e.